The van der Waals surface area contributed by atoms with E-state index in [1.807, 2.05) is 19.1 Å². The van der Waals surface area contributed by atoms with E-state index >= 15 is 0 Å². The molecule has 0 aliphatic carbocycles. The van der Waals surface area contributed by atoms with Crippen molar-refractivity contribution >= 4 is 5.69 Å². The van der Waals surface area contributed by atoms with Crippen molar-refractivity contribution in [2.24, 2.45) is 17.6 Å². The molecule has 4 unspecified atom stereocenters. The van der Waals surface area contributed by atoms with Crippen LogP contribution in [-0.2, 0) is 6.42 Å². The van der Waals surface area contributed by atoms with E-state index in [2.05, 4.69) is 25.7 Å². The minimum absolute atomic E-state index is 0.0272. The van der Waals surface area contributed by atoms with Crippen molar-refractivity contribution in [3.8, 4) is 0 Å². The molecule has 2 N–H and O–H groups in total. The Kier molecular flexibility index (Phi) is 4.69. The molecule has 0 saturated carbocycles. The molecule has 0 aromatic heterocycles. The highest BCUT2D eigenvalue weighted by molar-refractivity contribution is 5.56. The van der Waals surface area contributed by atoms with Crippen LogP contribution in [0.15, 0.2) is 18.2 Å². The fraction of sp³-hybridized carbons (Fsp3) is 0.647. The summed E-state index contributed by atoms with van der Waals surface area (Å²) in [4.78, 5) is 2.37. The predicted octanol–water partition coefficient (Wildman–Crippen LogP) is 3.59. The molecular formula is C17H27FN2. The Balaban J connectivity index is 2.38. The van der Waals surface area contributed by atoms with E-state index in [0.29, 0.717) is 24.3 Å². The molecule has 1 aromatic carbocycles. The van der Waals surface area contributed by atoms with Gasteiger partial charge in [-0.15, -0.1) is 0 Å². The predicted molar refractivity (Wildman–Crippen MR) is 83.5 cm³/mol. The Morgan fingerprint density at radius 2 is 2.05 bits per heavy atom. The lowest BCUT2D eigenvalue weighted by atomic mass is 9.85. The van der Waals surface area contributed by atoms with Crippen molar-refractivity contribution < 1.29 is 4.39 Å². The molecule has 0 amide bonds. The first-order valence-corrected chi connectivity index (χ1v) is 7.69. The van der Waals surface area contributed by atoms with E-state index in [9.17, 15) is 4.39 Å². The average molecular weight is 278 g/mol. The quantitative estimate of drug-likeness (QED) is 0.915. The number of piperidine rings is 1. The normalized spacial score (nSPS) is 28.5. The molecule has 1 aliphatic heterocycles. The number of nitrogens with two attached hydrogens (primary N) is 1. The lowest BCUT2D eigenvalue weighted by molar-refractivity contribution is 0.296. The number of halogens is 1. The Hall–Kier alpha value is -1.09. The van der Waals surface area contributed by atoms with Gasteiger partial charge in [-0.2, -0.15) is 0 Å². The molecular weight excluding hydrogens is 251 g/mol. The lowest BCUT2D eigenvalue weighted by Gasteiger charge is -2.43. The van der Waals surface area contributed by atoms with Gasteiger partial charge in [0.1, 0.15) is 5.82 Å². The summed E-state index contributed by atoms with van der Waals surface area (Å²) >= 11 is 0. The second kappa shape index (κ2) is 6.13. The number of hydrogen-bond donors (Lipinski definition) is 1. The standard InChI is InChI=1S/C17H27FN2/c1-11-8-12(2)14(4)20(10-11)17-7-5-6-16(18)15(17)9-13(3)19/h5-7,11-14H,8-10,19H2,1-4H3. The highest BCUT2D eigenvalue weighted by atomic mass is 19.1. The topological polar surface area (TPSA) is 29.3 Å². The first kappa shape index (κ1) is 15.3. The summed E-state index contributed by atoms with van der Waals surface area (Å²) in [6, 6.07) is 5.82. The maximum atomic E-state index is 14.2. The molecule has 1 aromatic rings. The Labute approximate surface area is 122 Å². The summed E-state index contributed by atoms with van der Waals surface area (Å²) in [5, 5.41) is 0. The number of benzene rings is 1. The van der Waals surface area contributed by atoms with Crippen LogP contribution < -0.4 is 10.6 Å². The summed E-state index contributed by atoms with van der Waals surface area (Å²) in [6.07, 6.45) is 1.84. The van der Waals surface area contributed by atoms with Crippen LogP contribution in [0.4, 0.5) is 10.1 Å². The molecule has 20 heavy (non-hydrogen) atoms. The van der Waals surface area contributed by atoms with E-state index in [-0.39, 0.29) is 11.9 Å². The van der Waals surface area contributed by atoms with Gasteiger partial charge in [-0.3, -0.25) is 0 Å². The van der Waals surface area contributed by atoms with Gasteiger partial charge in [-0.25, -0.2) is 4.39 Å². The molecule has 4 atom stereocenters. The molecule has 2 nitrogen and oxygen atoms in total. The molecule has 112 valence electrons. The molecule has 0 spiro atoms. The summed E-state index contributed by atoms with van der Waals surface area (Å²) in [6.45, 7) is 9.75. The smallest absolute Gasteiger partial charge is 0.128 e. The zero-order chi connectivity index (χ0) is 14.9. The minimum Gasteiger partial charge on any atom is -0.368 e. The lowest BCUT2D eigenvalue weighted by Crippen LogP contribution is -2.46. The fourth-order valence-corrected chi connectivity index (χ4v) is 3.37. The monoisotopic (exact) mass is 278 g/mol. The second-order valence-electron chi connectivity index (χ2n) is 6.63. The van der Waals surface area contributed by atoms with Gasteiger partial charge in [-0.1, -0.05) is 19.9 Å². The minimum atomic E-state index is -0.127. The van der Waals surface area contributed by atoms with Crippen LogP contribution in [0.1, 0.15) is 39.7 Å². The van der Waals surface area contributed by atoms with Crippen molar-refractivity contribution in [3.63, 3.8) is 0 Å². The zero-order valence-corrected chi connectivity index (χ0v) is 13.1. The third-order valence-electron chi connectivity index (χ3n) is 4.53. The molecule has 0 radical (unpaired) electrons. The Morgan fingerprint density at radius 1 is 1.35 bits per heavy atom. The van der Waals surface area contributed by atoms with Crippen molar-refractivity contribution in [2.75, 3.05) is 11.4 Å². The molecule has 0 bridgehead atoms. The number of nitrogens with zero attached hydrogens (tertiary/aromatic N) is 1. The fourth-order valence-electron chi connectivity index (χ4n) is 3.37. The molecule has 1 heterocycles. The van der Waals surface area contributed by atoms with E-state index < -0.39 is 0 Å². The maximum Gasteiger partial charge on any atom is 0.128 e. The van der Waals surface area contributed by atoms with Crippen LogP contribution in [0.3, 0.4) is 0 Å². The highest BCUT2D eigenvalue weighted by Gasteiger charge is 2.30. The largest absolute Gasteiger partial charge is 0.368 e. The van der Waals surface area contributed by atoms with E-state index in [1.54, 1.807) is 6.07 Å². The van der Waals surface area contributed by atoms with Crippen LogP contribution in [-0.4, -0.2) is 18.6 Å². The summed E-state index contributed by atoms with van der Waals surface area (Å²) < 4.78 is 14.2. The average Bonchev–Trinajstić information content (AvgIpc) is 2.36. The third kappa shape index (κ3) is 3.14. The molecule has 1 fully saturated rings. The van der Waals surface area contributed by atoms with Gasteiger partial charge in [0, 0.05) is 29.9 Å². The molecule has 1 aliphatic rings. The maximum absolute atomic E-state index is 14.2. The number of hydrogen-bond acceptors (Lipinski definition) is 2. The Bertz CT molecular complexity index is 458. The van der Waals surface area contributed by atoms with E-state index in [1.165, 1.54) is 6.42 Å². The Morgan fingerprint density at radius 3 is 2.70 bits per heavy atom. The van der Waals surface area contributed by atoms with Gasteiger partial charge >= 0.3 is 0 Å². The second-order valence-corrected chi connectivity index (χ2v) is 6.63. The molecule has 1 saturated heterocycles. The SMILES string of the molecule is CC(N)Cc1c(F)cccc1N1CC(C)CC(C)C1C. The van der Waals surface area contributed by atoms with Gasteiger partial charge in [0.2, 0.25) is 0 Å². The van der Waals surface area contributed by atoms with E-state index in [0.717, 1.165) is 17.8 Å². The first-order valence-electron chi connectivity index (χ1n) is 7.69. The zero-order valence-electron chi connectivity index (χ0n) is 13.1. The summed E-state index contributed by atoms with van der Waals surface area (Å²) in [5.41, 5.74) is 7.70. The van der Waals surface area contributed by atoms with Gasteiger partial charge in [0.25, 0.3) is 0 Å². The molecule has 2 rings (SSSR count). The van der Waals surface area contributed by atoms with Gasteiger partial charge in [-0.05, 0) is 50.7 Å². The van der Waals surface area contributed by atoms with Crippen molar-refractivity contribution in [2.45, 2.75) is 52.6 Å². The van der Waals surface area contributed by atoms with Crippen molar-refractivity contribution in [1.82, 2.24) is 0 Å². The van der Waals surface area contributed by atoms with Crippen molar-refractivity contribution in [3.05, 3.63) is 29.6 Å². The number of anilines is 1. The third-order valence-corrected chi connectivity index (χ3v) is 4.53. The van der Waals surface area contributed by atoms with Gasteiger partial charge < -0.3 is 10.6 Å². The molecule has 3 heteroatoms. The number of rotatable bonds is 3. The van der Waals surface area contributed by atoms with Gasteiger partial charge in [0.05, 0.1) is 0 Å². The van der Waals surface area contributed by atoms with Crippen LogP contribution >= 0.6 is 0 Å². The van der Waals surface area contributed by atoms with Crippen LogP contribution in [0, 0.1) is 17.7 Å². The van der Waals surface area contributed by atoms with Crippen LogP contribution in [0.25, 0.3) is 0 Å². The van der Waals surface area contributed by atoms with Gasteiger partial charge in [0.15, 0.2) is 0 Å². The van der Waals surface area contributed by atoms with Crippen LogP contribution in [0.5, 0.6) is 0 Å². The summed E-state index contributed by atoms with van der Waals surface area (Å²) in [5.74, 6) is 1.15. The summed E-state index contributed by atoms with van der Waals surface area (Å²) in [7, 11) is 0. The highest BCUT2D eigenvalue weighted by Crippen LogP contribution is 2.34. The first-order chi connectivity index (χ1) is 9.40. The van der Waals surface area contributed by atoms with Crippen LogP contribution in [0.2, 0.25) is 0 Å². The van der Waals surface area contributed by atoms with E-state index in [4.69, 9.17) is 5.73 Å². The van der Waals surface area contributed by atoms with Crippen molar-refractivity contribution in [1.29, 1.82) is 0 Å².